The zero-order chi connectivity index (χ0) is 15.7. The average molecular weight is 302 g/mol. The van der Waals surface area contributed by atoms with Gasteiger partial charge in [0.2, 0.25) is 0 Å². The van der Waals surface area contributed by atoms with Crippen molar-refractivity contribution in [2.24, 2.45) is 0 Å². The molecule has 0 bridgehead atoms. The van der Waals surface area contributed by atoms with E-state index in [4.69, 9.17) is 0 Å². The molecule has 0 aliphatic rings. The Hall–Kier alpha value is -2.76. The van der Waals surface area contributed by atoms with Crippen LogP contribution >= 0.6 is 0 Å². The SMILES string of the molecule is COC(=O)Cn1nc(-c2cccc(F)c2F)c2ccccc21. The van der Waals surface area contributed by atoms with Crippen molar-refractivity contribution >= 4 is 16.9 Å². The van der Waals surface area contributed by atoms with E-state index in [0.717, 1.165) is 6.07 Å². The molecule has 3 rings (SSSR count). The largest absolute Gasteiger partial charge is 0.468 e. The predicted molar refractivity (Wildman–Crippen MR) is 77.1 cm³/mol. The fourth-order valence-electron chi connectivity index (χ4n) is 2.32. The first kappa shape index (κ1) is 14.2. The molecule has 1 aromatic heterocycles. The smallest absolute Gasteiger partial charge is 0.327 e. The molecule has 2 aromatic carbocycles. The van der Waals surface area contributed by atoms with Gasteiger partial charge < -0.3 is 4.74 Å². The molecule has 0 aliphatic heterocycles. The highest BCUT2D eigenvalue weighted by atomic mass is 19.2. The Morgan fingerprint density at radius 1 is 1.18 bits per heavy atom. The van der Waals surface area contributed by atoms with Gasteiger partial charge in [0.1, 0.15) is 12.2 Å². The van der Waals surface area contributed by atoms with Gasteiger partial charge in [0.25, 0.3) is 0 Å². The molecule has 112 valence electrons. The van der Waals surface area contributed by atoms with E-state index in [2.05, 4.69) is 9.84 Å². The monoisotopic (exact) mass is 302 g/mol. The molecule has 6 heteroatoms. The van der Waals surface area contributed by atoms with Crippen molar-refractivity contribution in [3.05, 3.63) is 54.1 Å². The van der Waals surface area contributed by atoms with Crippen LogP contribution in [0.1, 0.15) is 0 Å². The number of fused-ring (bicyclic) bond motifs is 1. The minimum absolute atomic E-state index is 0.0554. The standard InChI is InChI=1S/C16H12F2N2O2/c1-22-14(21)9-20-13-8-3-2-5-10(13)16(19-20)11-6-4-7-12(17)15(11)18/h2-8H,9H2,1H3. The molecular weight excluding hydrogens is 290 g/mol. The Labute approximate surface area is 124 Å². The van der Waals surface area contributed by atoms with Crippen LogP contribution in [0.5, 0.6) is 0 Å². The summed E-state index contributed by atoms with van der Waals surface area (Å²) in [6.45, 7) is -0.103. The molecule has 0 radical (unpaired) electrons. The maximum absolute atomic E-state index is 14.0. The first-order valence-electron chi connectivity index (χ1n) is 6.58. The molecule has 0 saturated carbocycles. The molecule has 3 aromatic rings. The van der Waals surface area contributed by atoms with Crippen molar-refractivity contribution in [3.8, 4) is 11.3 Å². The van der Waals surface area contributed by atoms with Crippen molar-refractivity contribution in [2.45, 2.75) is 6.54 Å². The maximum Gasteiger partial charge on any atom is 0.327 e. The molecule has 0 N–H and O–H groups in total. The summed E-state index contributed by atoms with van der Waals surface area (Å²) in [5.41, 5.74) is 0.989. The lowest BCUT2D eigenvalue weighted by Gasteiger charge is -2.01. The van der Waals surface area contributed by atoms with E-state index >= 15 is 0 Å². The average Bonchev–Trinajstić information content (AvgIpc) is 2.89. The third kappa shape index (κ3) is 2.32. The summed E-state index contributed by atoms with van der Waals surface area (Å²) in [4.78, 5) is 11.5. The second kappa shape index (κ2) is 5.55. The van der Waals surface area contributed by atoms with E-state index < -0.39 is 17.6 Å². The van der Waals surface area contributed by atoms with Crippen LogP contribution in [0.3, 0.4) is 0 Å². The van der Waals surface area contributed by atoms with Gasteiger partial charge in [-0.2, -0.15) is 5.10 Å². The van der Waals surface area contributed by atoms with Gasteiger partial charge in [0, 0.05) is 10.9 Å². The van der Waals surface area contributed by atoms with E-state index in [-0.39, 0.29) is 17.8 Å². The van der Waals surface area contributed by atoms with Gasteiger partial charge in [0.15, 0.2) is 11.6 Å². The van der Waals surface area contributed by atoms with Gasteiger partial charge in [-0.1, -0.05) is 24.3 Å². The second-order valence-corrected chi connectivity index (χ2v) is 4.70. The number of aromatic nitrogens is 2. The van der Waals surface area contributed by atoms with E-state index in [9.17, 15) is 13.6 Å². The van der Waals surface area contributed by atoms with Crippen molar-refractivity contribution in [1.82, 2.24) is 9.78 Å². The van der Waals surface area contributed by atoms with Crippen molar-refractivity contribution in [3.63, 3.8) is 0 Å². The van der Waals surface area contributed by atoms with Crippen LogP contribution in [-0.2, 0) is 16.1 Å². The number of carbonyl (C=O) groups excluding carboxylic acids is 1. The number of methoxy groups -OCH3 is 1. The number of hydrogen-bond donors (Lipinski definition) is 0. The van der Waals surface area contributed by atoms with E-state index in [1.54, 1.807) is 24.3 Å². The lowest BCUT2D eigenvalue weighted by atomic mass is 10.1. The fourth-order valence-corrected chi connectivity index (χ4v) is 2.32. The molecule has 0 aliphatic carbocycles. The maximum atomic E-state index is 14.0. The quantitative estimate of drug-likeness (QED) is 0.698. The molecule has 0 spiro atoms. The van der Waals surface area contributed by atoms with Crippen LogP contribution in [0.25, 0.3) is 22.2 Å². The highest BCUT2D eigenvalue weighted by molar-refractivity contribution is 5.94. The summed E-state index contributed by atoms with van der Waals surface area (Å²) in [6, 6.07) is 11.0. The van der Waals surface area contributed by atoms with Gasteiger partial charge in [-0.15, -0.1) is 0 Å². The van der Waals surface area contributed by atoms with Gasteiger partial charge >= 0.3 is 5.97 Å². The topological polar surface area (TPSA) is 44.1 Å². The van der Waals surface area contributed by atoms with Gasteiger partial charge in [-0.05, 0) is 18.2 Å². The Morgan fingerprint density at radius 3 is 2.73 bits per heavy atom. The number of carbonyl (C=O) groups is 1. The number of para-hydroxylation sites is 1. The van der Waals surface area contributed by atoms with Gasteiger partial charge in [0.05, 0.1) is 12.6 Å². The molecule has 0 saturated heterocycles. The number of halogens is 2. The van der Waals surface area contributed by atoms with Crippen LogP contribution in [-0.4, -0.2) is 22.9 Å². The third-order valence-electron chi connectivity index (χ3n) is 3.37. The number of rotatable bonds is 3. The minimum Gasteiger partial charge on any atom is -0.468 e. The third-order valence-corrected chi connectivity index (χ3v) is 3.37. The summed E-state index contributed by atoms with van der Waals surface area (Å²) in [5.74, 6) is -2.38. The second-order valence-electron chi connectivity index (χ2n) is 4.70. The predicted octanol–water partition coefficient (Wildman–Crippen LogP) is 3.15. The Bertz CT molecular complexity index is 858. The van der Waals surface area contributed by atoms with Crippen molar-refractivity contribution in [1.29, 1.82) is 0 Å². The van der Waals surface area contributed by atoms with Crippen LogP contribution in [0, 0.1) is 11.6 Å². The highest BCUT2D eigenvalue weighted by Gasteiger charge is 2.18. The van der Waals surface area contributed by atoms with Gasteiger partial charge in [-0.3, -0.25) is 9.48 Å². The first-order chi connectivity index (χ1) is 10.6. The van der Waals surface area contributed by atoms with Gasteiger partial charge in [-0.25, -0.2) is 8.78 Å². The molecule has 0 unspecified atom stereocenters. The number of nitrogens with zero attached hydrogens (tertiary/aromatic N) is 2. The molecule has 0 fully saturated rings. The highest BCUT2D eigenvalue weighted by Crippen LogP contribution is 2.30. The molecule has 1 heterocycles. The molecule has 0 atom stereocenters. The van der Waals surface area contributed by atoms with Crippen LogP contribution < -0.4 is 0 Å². The van der Waals surface area contributed by atoms with E-state index in [1.807, 2.05) is 0 Å². The fraction of sp³-hybridized carbons (Fsp3) is 0.125. The number of hydrogen-bond acceptors (Lipinski definition) is 3. The van der Waals surface area contributed by atoms with E-state index in [1.165, 1.54) is 23.9 Å². The van der Waals surface area contributed by atoms with Crippen LogP contribution in [0.4, 0.5) is 8.78 Å². The normalized spacial score (nSPS) is 10.9. The zero-order valence-corrected chi connectivity index (χ0v) is 11.7. The summed E-state index contributed by atoms with van der Waals surface area (Å²) < 4.78 is 33.5. The number of benzene rings is 2. The summed E-state index contributed by atoms with van der Waals surface area (Å²) in [5, 5.41) is 4.89. The number of esters is 1. The zero-order valence-electron chi connectivity index (χ0n) is 11.7. The summed E-state index contributed by atoms with van der Waals surface area (Å²) in [7, 11) is 1.28. The van der Waals surface area contributed by atoms with Crippen LogP contribution in [0.2, 0.25) is 0 Å². The van der Waals surface area contributed by atoms with Crippen LogP contribution in [0.15, 0.2) is 42.5 Å². The van der Waals surface area contributed by atoms with E-state index in [0.29, 0.717) is 10.9 Å². The van der Waals surface area contributed by atoms with Crippen molar-refractivity contribution in [2.75, 3.05) is 7.11 Å². The first-order valence-corrected chi connectivity index (χ1v) is 6.58. The minimum atomic E-state index is -0.962. The lowest BCUT2D eigenvalue weighted by Crippen LogP contribution is -2.12. The molecular formula is C16H12F2N2O2. The number of ether oxygens (including phenoxy) is 1. The Kier molecular flexibility index (Phi) is 3.58. The molecule has 4 nitrogen and oxygen atoms in total. The Morgan fingerprint density at radius 2 is 1.95 bits per heavy atom. The van der Waals surface area contributed by atoms with Crippen molar-refractivity contribution < 1.29 is 18.3 Å². The summed E-state index contributed by atoms with van der Waals surface area (Å²) >= 11 is 0. The lowest BCUT2D eigenvalue weighted by molar-refractivity contribution is -0.141. The molecule has 0 amide bonds. The Balaban J connectivity index is 2.22. The summed E-state index contributed by atoms with van der Waals surface area (Å²) in [6.07, 6.45) is 0. The molecule has 22 heavy (non-hydrogen) atoms.